The van der Waals surface area contributed by atoms with E-state index in [1.54, 1.807) is 26.5 Å². The van der Waals surface area contributed by atoms with Crippen molar-refractivity contribution in [3.8, 4) is 0 Å². The van der Waals surface area contributed by atoms with Crippen molar-refractivity contribution in [2.75, 3.05) is 20.5 Å². The molecule has 14 heavy (non-hydrogen) atoms. The van der Waals surface area contributed by atoms with Crippen LogP contribution in [0.4, 0.5) is 0 Å². The molecule has 1 heterocycles. The molecule has 0 saturated heterocycles. The van der Waals surface area contributed by atoms with Crippen molar-refractivity contribution in [1.29, 1.82) is 0 Å². The molecule has 0 atom stereocenters. The number of ether oxygens (including phenoxy) is 2. The Morgan fingerprint density at radius 2 is 2.00 bits per heavy atom. The fourth-order valence-electron chi connectivity index (χ4n) is 0.921. The maximum atomic E-state index is 5.06. The predicted octanol–water partition coefficient (Wildman–Crippen LogP) is 0.841. The predicted molar refractivity (Wildman–Crippen MR) is 57.7 cm³/mol. The first-order chi connectivity index (χ1) is 6.31. The van der Waals surface area contributed by atoms with Crippen LogP contribution in [0.5, 0.6) is 0 Å². The van der Waals surface area contributed by atoms with Gasteiger partial charge in [0.15, 0.2) is 5.16 Å². The second-order valence-corrected chi connectivity index (χ2v) is 3.04. The zero-order valence-corrected chi connectivity index (χ0v) is 8.67. The Hall–Kier alpha value is 0.350. The number of methoxy groups -OCH3 is 2. The molecule has 0 aliphatic carbocycles. The van der Waals surface area contributed by atoms with E-state index in [1.807, 2.05) is 6.26 Å². The summed E-state index contributed by atoms with van der Waals surface area (Å²) in [5, 5.41) is 0.719. The van der Waals surface area contributed by atoms with Gasteiger partial charge in [0.2, 0.25) is 6.29 Å². The van der Waals surface area contributed by atoms with E-state index in [0.29, 0.717) is 0 Å². The van der Waals surface area contributed by atoms with Crippen LogP contribution in [0, 0.1) is 0 Å². The van der Waals surface area contributed by atoms with E-state index < -0.39 is 6.29 Å². The van der Waals surface area contributed by atoms with Crippen LogP contribution in [0.25, 0.3) is 0 Å². The molecule has 0 aliphatic rings. The number of hydrogen-bond acceptors (Lipinski definition) is 5. The monoisotopic (exact) mass is 224 g/mol. The summed E-state index contributed by atoms with van der Waals surface area (Å²) in [7, 11) is 3.16. The summed E-state index contributed by atoms with van der Waals surface area (Å²) in [6.07, 6.45) is 3.21. The fraction of sp³-hybridized carbons (Fsp3) is 0.500. The molecule has 1 rings (SSSR count). The van der Waals surface area contributed by atoms with Gasteiger partial charge < -0.3 is 9.47 Å². The van der Waals surface area contributed by atoms with E-state index in [1.165, 1.54) is 11.8 Å². The van der Waals surface area contributed by atoms with Gasteiger partial charge in [-0.1, -0.05) is 11.8 Å². The Balaban J connectivity index is 0.00000169. The zero-order valence-electron chi connectivity index (χ0n) is 7.85. The summed E-state index contributed by atoms with van der Waals surface area (Å²) in [5.41, 5.74) is 0.740. The zero-order chi connectivity index (χ0) is 9.68. The molecule has 0 fully saturated rings. The number of aromatic nitrogens is 2. The van der Waals surface area contributed by atoms with Gasteiger partial charge in [0.05, 0.1) is 0 Å². The van der Waals surface area contributed by atoms with Crippen LogP contribution >= 0.6 is 11.8 Å². The maximum absolute atomic E-state index is 5.06. The molecule has 0 aromatic carbocycles. The van der Waals surface area contributed by atoms with E-state index >= 15 is 0 Å². The fourth-order valence-corrected chi connectivity index (χ4v) is 1.28. The van der Waals surface area contributed by atoms with E-state index in [0.717, 1.165) is 10.9 Å². The normalized spacial score (nSPS) is 10.0. The number of rotatable bonds is 4. The number of nitrogens with zero attached hydrogens (tertiary/aromatic N) is 2. The van der Waals surface area contributed by atoms with Crippen LogP contribution in [-0.4, -0.2) is 60.0 Å². The molecule has 0 N–H and O–H groups in total. The van der Waals surface area contributed by atoms with Gasteiger partial charge in [-0.05, 0) is 12.3 Å². The van der Waals surface area contributed by atoms with Crippen molar-refractivity contribution in [3.63, 3.8) is 0 Å². The minimum atomic E-state index is -0.408. The molecule has 0 aliphatic heterocycles. The van der Waals surface area contributed by atoms with Crippen LogP contribution in [0.1, 0.15) is 12.0 Å². The molecule has 1 aromatic heterocycles. The summed E-state index contributed by atoms with van der Waals surface area (Å²) in [5.74, 6) is 0. The Morgan fingerprint density at radius 3 is 2.50 bits per heavy atom. The first-order valence-electron chi connectivity index (χ1n) is 3.74. The van der Waals surface area contributed by atoms with Gasteiger partial charge in [-0.2, -0.15) is 0 Å². The van der Waals surface area contributed by atoms with Crippen LogP contribution in [0.2, 0.25) is 0 Å². The summed E-state index contributed by atoms with van der Waals surface area (Å²) >= 11 is 1.49. The molecule has 74 valence electrons. The third kappa shape index (κ3) is 3.84. The molecule has 4 nitrogen and oxygen atoms in total. The van der Waals surface area contributed by atoms with Gasteiger partial charge in [-0.15, -0.1) is 0 Å². The summed E-state index contributed by atoms with van der Waals surface area (Å²) in [6.45, 7) is 0. The molecule has 6 heteroatoms. The van der Waals surface area contributed by atoms with Gasteiger partial charge in [0.25, 0.3) is 0 Å². The van der Waals surface area contributed by atoms with Crippen molar-refractivity contribution in [1.82, 2.24) is 9.97 Å². The van der Waals surface area contributed by atoms with Crippen LogP contribution in [-0.2, 0) is 9.47 Å². The Labute approximate surface area is 110 Å². The van der Waals surface area contributed by atoms with Gasteiger partial charge in [0.1, 0.15) is 5.69 Å². The van der Waals surface area contributed by atoms with Gasteiger partial charge in [-0.3, -0.25) is 0 Å². The van der Waals surface area contributed by atoms with Gasteiger partial charge >= 0.3 is 29.6 Å². The number of thioether (sulfide) groups is 1. The molecular weight excluding hydrogens is 211 g/mol. The molecule has 0 radical (unpaired) electrons. The summed E-state index contributed by atoms with van der Waals surface area (Å²) in [4.78, 5) is 8.28. The molecule has 1 aromatic rings. The third-order valence-electron chi connectivity index (χ3n) is 1.51. The Morgan fingerprint density at radius 1 is 1.36 bits per heavy atom. The van der Waals surface area contributed by atoms with Crippen molar-refractivity contribution >= 4 is 41.3 Å². The molecular formula is C8H13N2NaO2S. The van der Waals surface area contributed by atoms with Crippen molar-refractivity contribution in [2.24, 2.45) is 0 Å². The van der Waals surface area contributed by atoms with E-state index in [4.69, 9.17) is 9.47 Å². The van der Waals surface area contributed by atoms with Gasteiger partial charge in [-0.25, -0.2) is 9.97 Å². The molecule has 0 saturated carbocycles. The van der Waals surface area contributed by atoms with E-state index in [9.17, 15) is 0 Å². The third-order valence-corrected chi connectivity index (χ3v) is 2.07. The van der Waals surface area contributed by atoms with Crippen LogP contribution in [0.3, 0.4) is 0 Å². The van der Waals surface area contributed by atoms with E-state index in [-0.39, 0.29) is 29.6 Å². The Bertz CT molecular complexity index is 271. The van der Waals surface area contributed by atoms with Crippen molar-refractivity contribution < 1.29 is 9.47 Å². The average molecular weight is 224 g/mol. The van der Waals surface area contributed by atoms with E-state index in [2.05, 4.69) is 9.97 Å². The minimum absolute atomic E-state index is 0. The summed E-state index contributed by atoms with van der Waals surface area (Å²) < 4.78 is 10.1. The topological polar surface area (TPSA) is 44.2 Å². The Kier molecular flexibility index (Phi) is 7.81. The average Bonchev–Trinajstić information content (AvgIpc) is 2.20. The number of hydrogen-bond donors (Lipinski definition) is 0. The quantitative estimate of drug-likeness (QED) is 0.328. The SMILES string of the molecule is COC(OC)c1ccnc(SC)n1.[NaH]. The second kappa shape index (κ2) is 7.62. The molecule has 0 bridgehead atoms. The van der Waals surface area contributed by atoms with Crippen LogP contribution in [0.15, 0.2) is 17.4 Å². The second-order valence-electron chi connectivity index (χ2n) is 2.27. The van der Waals surface area contributed by atoms with Gasteiger partial charge in [0, 0.05) is 20.4 Å². The molecule has 0 amide bonds. The first-order valence-corrected chi connectivity index (χ1v) is 4.96. The first kappa shape index (κ1) is 14.3. The van der Waals surface area contributed by atoms with Crippen molar-refractivity contribution in [2.45, 2.75) is 11.4 Å². The summed E-state index contributed by atoms with van der Waals surface area (Å²) in [6, 6.07) is 1.78. The molecule has 0 spiro atoms. The standard InChI is InChI=1S/C8H12N2O2S.Na.H/c1-11-7(12-2)6-4-5-9-8(10-6)13-3;;/h4-5,7H,1-3H3;;. The van der Waals surface area contributed by atoms with Crippen molar-refractivity contribution in [3.05, 3.63) is 18.0 Å². The van der Waals surface area contributed by atoms with Crippen LogP contribution < -0.4 is 0 Å². The molecule has 0 unspecified atom stereocenters.